The molecule has 0 aliphatic carbocycles. The van der Waals surface area contributed by atoms with Gasteiger partial charge in [0.25, 0.3) is 0 Å². The van der Waals surface area contributed by atoms with Crippen molar-refractivity contribution in [3.8, 4) is 0 Å². The highest BCUT2D eigenvalue weighted by Gasteiger charge is 2.44. The summed E-state index contributed by atoms with van der Waals surface area (Å²) < 4.78 is 16.7. The van der Waals surface area contributed by atoms with Crippen LogP contribution in [0.4, 0.5) is 0 Å². The quantitative estimate of drug-likeness (QED) is 0.0195. The molecule has 7 atom stereocenters. The first-order chi connectivity index (χ1) is 41.2. The van der Waals surface area contributed by atoms with Crippen molar-refractivity contribution in [1.29, 1.82) is 0 Å². The van der Waals surface area contributed by atoms with Gasteiger partial charge in [0.1, 0.15) is 24.4 Å². The summed E-state index contributed by atoms with van der Waals surface area (Å²) in [6.07, 6.45) is 71.3. The molecule has 84 heavy (non-hydrogen) atoms. The Kier molecular flexibility index (Phi) is 59.0. The molecule has 1 rings (SSSR count). The molecule has 0 spiro atoms. The molecule has 6 N–H and O–H groups in total. The maximum Gasteiger partial charge on any atom is 0.305 e. The van der Waals surface area contributed by atoms with Crippen molar-refractivity contribution in [2.45, 2.75) is 384 Å². The smallest absolute Gasteiger partial charge is 0.305 e. The largest absolute Gasteiger partial charge is 0.466 e. The molecular weight excluding hydrogens is 1050 g/mol. The number of nitrogens with one attached hydrogen (secondary N) is 1. The summed E-state index contributed by atoms with van der Waals surface area (Å²) in [5.74, 6) is -0.185. The van der Waals surface area contributed by atoms with Crippen LogP contribution >= 0.6 is 0 Å². The van der Waals surface area contributed by atoms with Crippen LogP contribution in [0.3, 0.4) is 0 Å². The summed E-state index contributed by atoms with van der Waals surface area (Å²) in [5.41, 5.74) is 0. The van der Waals surface area contributed by atoms with Crippen LogP contribution < -0.4 is 5.32 Å². The molecule has 0 bridgehead atoms. The molecule has 1 aliphatic heterocycles. The molecule has 11 nitrogen and oxygen atoms in total. The third-order valence-corrected chi connectivity index (χ3v) is 16.9. The Bertz CT molecular complexity index is 1530. The number of hydrogen-bond donors (Lipinski definition) is 6. The van der Waals surface area contributed by atoms with E-state index in [0.29, 0.717) is 19.4 Å². The maximum atomic E-state index is 13.0. The molecule has 0 radical (unpaired) electrons. The van der Waals surface area contributed by atoms with Crippen LogP contribution in [0.25, 0.3) is 0 Å². The summed E-state index contributed by atoms with van der Waals surface area (Å²) in [6.45, 7) is 4.30. The van der Waals surface area contributed by atoms with E-state index in [1.54, 1.807) is 6.08 Å². The molecule has 492 valence electrons. The number of rotatable bonds is 63. The van der Waals surface area contributed by atoms with Crippen LogP contribution in [-0.2, 0) is 23.8 Å². The monoisotopic (exact) mass is 1190 g/mol. The lowest BCUT2D eigenvalue weighted by molar-refractivity contribution is -0.302. The average molecular weight is 1190 g/mol. The van der Waals surface area contributed by atoms with Crippen LogP contribution in [0.5, 0.6) is 0 Å². The molecule has 1 fully saturated rings. The van der Waals surface area contributed by atoms with Gasteiger partial charge in [0.2, 0.25) is 5.91 Å². The number of ether oxygens (including phenoxy) is 3. The molecule has 7 unspecified atom stereocenters. The predicted octanol–water partition coefficient (Wildman–Crippen LogP) is 18.4. The number of carbonyl (C=O) groups is 2. The minimum atomic E-state index is -1.58. The highest BCUT2D eigenvalue weighted by Crippen LogP contribution is 2.23. The van der Waals surface area contributed by atoms with Gasteiger partial charge in [-0.15, -0.1) is 0 Å². The van der Waals surface area contributed by atoms with E-state index in [2.05, 4.69) is 55.6 Å². The lowest BCUT2D eigenvalue weighted by Crippen LogP contribution is -2.60. The minimum absolute atomic E-state index is 0.00855. The van der Waals surface area contributed by atoms with Crippen LogP contribution in [0.1, 0.15) is 341 Å². The first-order valence-electron chi connectivity index (χ1n) is 35.9. The van der Waals surface area contributed by atoms with E-state index in [-0.39, 0.29) is 18.5 Å². The Morgan fingerprint density at radius 1 is 0.440 bits per heavy atom. The average Bonchev–Trinajstić information content (AvgIpc) is 3.34. The number of amides is 1. The second-order valence-corrected chi connectivity index (χ2v) is 24.9. The first kappa shape index (κ1) is 79.6. The fourth-order valence-electron chi connectivity index (χ4n) is 11.2. The number of allylic oxidation sites excluding steroid dienone is 7. The molecule has 1 aliphatic rings. The predicted molar refractivity (Wildman–Crippen MR) is 352 cm³/mol. The fourth-order valence-corrected chi connectivity index (χ4v) is 11.2. The molecule has 1 amide bonds. The lowest BCUT2D eigenvalue weighted by atomic mass is 9.99. The minimum Gasteiger partial charge on any atom is -0.466 e. The van der Waals surface area contributed by atoms with Crippen molar-refractivity contribution < 1.29 is 49.3 Å². The van der Waals surface area contributed by atoms with Crippen molar-refractivity contribution >= 4 is 11.9 Å². The van der Waals surface area contributed by atoms with E-state index in [9.17, 15) is 35.1 Å². The Hall–Kier alpha value is -2.38. The zero-order chi connectivity index (χ0) is 60.9. The summed E-state index contributed by atoms with van der Waals surface area (Å²) in [6, 6.07) is -0.826. The van der Waals surface area contributed by atoms with Crippen LogP contribution in [0.2, 0.25) is 0 Å². The van der Waals surface area contributed by atoms with Gasteiger partial charge in [0, 0.05) is 12.8 Å². The van der Waals surface area contributed by atoms with E-state index in [0.717, 1.165) is 64.2 Å². The van der Waals surface area contributed by atoms with Crippen LogP contribution in [0.15, 0.2) is 48.6 Å². The van der Waals surface area contributed by atoms with E-state index < -0.39 is 49.5 Å². The van der Waals surface area contributed by atoms with Crippen molar-refractivity contribution in [3.63, 3.8) is 0 Å². The molecule has 0 aromatic carbocycles. The Labute approximate surface area is 516 Å². The van der Waals surface area contributed by atoms with Crippen molar-refractivity contribution in [3.05, 3.63) is 48.6 Å². The summed E-state index contributed by atoms with van der Waals surface area (Å²) in [7, 11) is 0. The van der Waals surface area contributed by atoms with Crippen molar-refractivity contribution in [1.82, 2.24) is 5.32 Å². The number of aliphatic hydroxyl groups excluding tert-OH is 5. The van der Waals surface area contributed by atoms with Gasteiger partial charge in [-0.1, -0.05) is 300 Å². The Morgan fingerprint density at radius 3 is 1.27 bits per heavy atom. The van der Waals surface area contributed by atoms with Crippen molar-refractivity contribution in [2.75, 3.05) is 19.8 Å². The SMILES string of the molecule is CCCCC/C=C/CC/C=C/C(O)C(COC1OC(CO)C(O)C(O)C1O)NC(=O)CCCCCCCCCCCCCCCCC/C=C\C/C=C\CCCCCCCCCCCOC(=O)CCCCCCCCCCCCCCCCCC. The van der Waals surface area contributed by atoms with Gasteiger partial charge < -0.3 is 45.1 Å². The lowest BCUT2D eigenvalue weighted by Gasteiger charge is -2.40. The molecule has 0 aromatic rings. The number of esters is 1. The standard InChI is InChI=1S/C73H135NO10/c1-3-5-7-9-11-13-14-15-16-35-38-41-45-49-53-57-61-69(78)82-62-58-54-50-46-42-39-36-33-31-29-27-25-23-21-19-17-18-20-22-24-26-28-30-32-34-37-40-44-48-52-56-60-68(77)74-65(66(76)59-55-51-47-43-12-10-8-6-4-2)64-83-73-72(81)71(80)70(79)67(63-75)84-73/h12,19,21,25,27,43,55,59,65-67,70-73,75-76,79-81H,3-11,13-18,20,22-24,26,28-42,44-54,56-58,60-64H2,1-2H3,(H,74,77)/b21-19-,27-25-,43-12+,59-55+. The van der Waals surface area contributed by atoms with E-state index in [1.165, 1.54) is 250 Å². The first-order valence-corrected chi connectivity index (χ1v) is 35.9. The second-order valence-electron chi connectivity index (χ2n) is 24.9. The van der Waals surface area contributed by atoms with Gasteiger partial charge in [0.15, 0.2) is 6.29 Å². The molecule has 1 heterocycles. The summed E-state index contributed by atoms with van der Waals surface area (Å²) in [5, 5.41) is 54.2. The van der Waals surface area contributed by atoms with E-state index in [4.69, 9.17) is 14.2 Å². The topological polar surface area (TPSA) is 175 Å². The van der Waals surface area contributed by atoms with Gasteiger partial charge in [-0.05, 0) is 77.0 Å². The van der Waals surface area contributed by atoms with Crippen LogP contribution in [-0.4, -0.2) is 100 Å². The number of aliphatic hydroxyl groups is 5. The third-order valence-electron chi connectivity index (χ3n) is 16.9. The highest BCUT2D eigenvalue weighted by atomic mass is 16.7. The molecule has 11 heteroatoms. The van der Waals surface area contributed by atoms with Crippen LogP contribution in [0, 0.1) is 0 Å². The van der Waals surface area contributed by atoms with E-state index >= 15 is 0 Å². The molecule has 0 aromatic heterocycles. The van der Waals surface area contributed by atoms with Gasteiger partial charge in [-0.3, -0.25) is 9.59 Å². The number of unbranched alkanes of at least 4 members (excludes halogenated alkanes) is 43. The summed E-state index contributed by atoms with van der Waals surface area (Å²) in [4.78, 5) is 25.1. The zero-order valence-corrected chi connectivity index (χ0v) is 54.6. The van der Waals surface area contributed by atoms with Gasteiger partial charge >= 0.3 is 5.97 Å². The van der Waals surface area contributed by atoms with Gasteiger partial charge in [0.05, 0.1) is 32.0 Å². The van der Waals surface area contributed by atoms with E-state index in [1.807, 2.05) is 6.08 Å². The Balaban J connectivity index is 1.92. The molecule has 0 saturated carbocycles. The van der Waals surface area contributed by atoms with Crippen molar-refractivity contribution in [2.24, 2.45) is 0 Å². The maximum absolute atomic E-state index is 13.0. The van der Waals surface area contributed by atoms with Gasteiger partial charge in [-0.25, -0.2) is 0 Å². The normalized spacial score (nSPS) is 18.3. The number of carbonyl (C=O) groups excluding carboxylic acids is 2. The number of hydrogen-bond acceptors (Lipinski definition) is 10. The zero-order valence-electron chi connectivity index (χ0n) is 54.6. The van der Waals surface area contributed by atoms with Gasteiger partial charge in [-0.2, -0.15) is 0 Å². The fraction of sp³-hybridized carbons (Fsp3) is 0.863. The third kappa shape index (κ3) is 50.6. The molecule has 1 saturated heterocycles. The highest BCUT2D eigenvalue weighted by molar-refractivity contribution is 5.76. The summed E-state index contributed by atoms with van der Waals surface area (Å²) >= 11 is 0. The second kappa shape index (κ2) is 62.2. The Morgan fingerprint density at radius 2 is 0.810 bits per heavy atom. The molecular formula is C73H135NO10.